The topological polar surface area (TPSA) is 53.6 Å². The van der Waals surface area contributed by atoms with Gasteiger partial charge in [0.25, 0.3) is 0 Å². The molecule has 0 spiro atoms. The number of hydrogen-bond donors (Lipinski definition) is 2. The highest BCUT2D eigenvalue weighted by Crippen LogP contribution is 2.32. The summed E-state index contributed by atoms with van der Waals surface area (Å²) in [4.78, 5) is 14.6. The molecule has 5 nitrogen and oxygen atoms in total. The van der Waals surface area contributed by atoms with Crippen molar-refractivity contribution in [1.29, 1.82) is 0 Å². The van der Waals surface area contributed by atoms with Gasteiger partial charge in [-0.25, -0.2) is 4.79 Å². The van der Waals surface area contributed by atoms with Gasteiger partial charge >= 0.3 is 12.2 Å². The third-order valence-corrected chi connectivity index (χ3v) is 6.26. The molecule has 36 heavy (non-hydrogen) atoms. The highest BCUT2D eigenvalue weighted by Gasteiger charge is 2.30. The van der Waals surface area contributed by atoms with E-state index in [1.165, 1.54) is 12.1 Å². The molecule has 1 unspecified atom stereocenters. The fraction of sp³-hybridized carbons (Fsp3) is 0.296. The predicted molar refractivity (Wildman–Crippen MR) is 134 cm³/mol. The number of halogens is 4. The zero-order chi connectivity index (χ0) is 25.5. The molecule has 0 aromatic heterocycles. The first-order valence-corrected chi connectivity index (χ1v) is 12.1. The van der Waals surface area contributed by atoms with Gasteiger partial charge in [0, 0.05) is 42.8 Å². The van der Waals surface area contributed by atoms with E-state index in [1.54, 1.807) is 24.3 Å². The van der Waals surface area contributed by atoms with Gasteiger partial charge < -0.3 is 20.3 Å². The average Bonchev–Trinajstić information content (AvgIpc) is 3.29. The molecule has 1 aliphatic rings. The van der Waals surface area contributed by atoms with E-state index in [2.05, 4.69) is 15.5 Å². The van der Waals surface area contributed by atoms with Crippen LogP contribution in [0.1, 0.15) is 30.1 Å². The van der Waals surface area contributed by atoms with Crippen molar-refractivity contribution < 1.29 is 22.7 Å². The standard InChI is InChI=1S/C27H27ClF3N3O2/c28-21-7-4-8-22(17-21)32-26(35)33-23-13-15-34(18-23)16-14-25(19-5-2-1-3-6-19)36-24-11-9-20(10-12-24)27(29,30)31/h1-12,17,23,25H,13-16,18H2,(H2,32,33,35)/t23-,25?/m1/s1. The molecule has 2 atom stereocenters. The van der Waals surface area contributed by atoms with Crippen molar-refractivity contribution in [3.05, 3.63) is 95.0 Å². The average molecular weight is 518 g/mol. The van der Waals surface area contributed by atoms with Gasteiger partial charge in [0.15, 0.2) is 0 Å². The first kappa shape index (κ1) is 25.9. The maximum Gasteiger partial charge on any atom is 0.416 e. The molecule has 0 aliphatic carbocycles. The fourth-order valence-corrected chi connectivity index (χ4v) is 4.41. The molecule has 4 rings (SSSR count). The lowest BCUT2D eigenvalue weighted by atomic mass is 10.1. The normalized spacial score (nSPS) is 16.9. The van der Waals surface area contributed by atoms with Crippen LogP contribution in [0.2, 0.25) is 5.02 Å². The van der Waals surface area contributed by atoms with Crippen LogP contribution in [0, 0.1) is 0 Å². The number of carbonyl (C=O) groups excluding carboxylic acids is 1. The predicted octanol–water partition coefficient (Wildman–Crippen LogP) is 6.77. The molecule has 1 heterocycles. The van der Waals surface area contributed by atoms with Crippen molar-refractivity contribution in [1.82, 2.24) is 10.2 Å². The quantitative estimate of drug-likeness (QED) is 0.347. The van der Waals surface area contributed by atoms with Crippen molar-refractivity contribution in [3.8, 4) is 5.75 Å². The van der Waals surface area contributed by atoms with Crippen LogP contribution in [0.25, 0.3) is 0 Å². The molecule has 9 heteroatoms. The van der Waals surface area contributed by atoms with Crippen LogP contribution in [-0.2, 0) is 6.18 Å². The van der Waals surface area contributed by atoms with Crippen LogP contribution in [-0.4, -0.2) is 36.6 Å². The second-order valence-electron chi connectivity index (χ2n) is 8.72. The molecule has 2 amide bonds. The number of benzene rings is 3. The summed E-state index contributed by atoms with van der Waals surface area (Å²) in [5, 5.41) is 6.34. The van der Waals surface area contributed by atoms with Crippen LogP contribution in [0.15, 0.2) is 78.9 Å². The minimum absolute atomic E-state index is 0.00944. The van der Waals surface area contributed by atoms with Crippen molar-refractivity contribution >= 4 is 23.3 Å². The maximum absolute atomic E-state index is 12.9. The number of anilines is 1. The first-order chi connectivity index (χ1) is 17.3. The molecule has 0 radical (unpaired) electrons. The van der Waals surface area contributed by atoms with Crippen LogP contribution in [0.3, 0.4) is 0 Å². The van der Waals surface area contributed by atoms with Crippen molar-refractivity contribution in [3.63, 3.8) is 0 Å². The van der Waals surface area contributed by atoms with Gasteiger partial charge in [-0.1, -0.05) is 48.0 Å². The SMILES string of the molecule is O=C(Nc1cccc(Cl)c1)N[C@@H]1CCN(CCC(Oc2ccc(C(F)(F)F)cc2)c2ccccc2)C1. The summed E-state index contributed by atoms with van der Waals surface area (Å²) in [7, 11) is 0. The van der Waals surface area contributed by atoms with Gasteiger partial charge in [0.05, 0.1) is 5.56 Å². The number of rotatable bonds is 8. The number of urea groups is 1. The zero-order valence-electron chi connectivity index (χ0n) is 19.5. The molecule has 1 fully saturated rings. The van der Waals surface area contributed by atoms with Crippen molar-refractivity contribution in [2.45, 2.75) is 31.2 Å². The summed E-state index contributed by atoms with van der Waals surface area (Å²) in [6.45, 7) is 2.24. The Balaban J connectivity index is 1.31. The molecule has 1 saturated heterocycles. The van der Waals surface area contributed by atoms with E-state index in [-0.39, 0.29) is 18.2 Å². The number of nitrogens with zero attached hydrogens (tertiary/aromatic N) is 1. The monoisotopic (exact) mass is 517 g/mol. The Labute approximate surface area is 213 Å². The van der Waals surface area contributed by atoms with Crippen LogP contribution in [0.5, 0.6) is 5.75 Å². The van der Waals surface area contributed by atoms with E-state index >= 15 is 0 Å². The van der Waals surface area contributed by atoms with Crippen LogP contribution >= 0.6 is 11.6 Å². The Morgan fingerprint density at radius 1 is 1.06 bits per heavy atom. The zero-order valence-corrected chi connectivity index (χ0v) is 20.2. The van der Waals surface area contributed by atoms with E-state index in [0.29, 0.717) is 36.0 Å². The molecular weight excluding hydrogens is 491 g/mol. The molecule has 0 bridgehead atoms. The van der Waals surface area contributed by atoms with E-state index < -0.39 is 11.7 Å². The number of likely N-dealkylation sites (tertiary alicyclic amines) is 1. The number of alkyl halides is 3. The van der Waals surface area contributed by atoms with E-state index in [0.717, 1.165) is 30.7 Å². The second-order valence-corrected chi connectivity index (χ2v) is 9.16. The van der Waals surface area contributed by atoms with Gasteiger partial charge in [0.1, 0.15) is 11.9 Å². The molecule has 2 N–H and O–H groups in total. The number of carbonyl (C=O) groups is 1. The van der Waals surface area contributed by atoms with Gasteiger partial charge in [-0.2, -0.15) is 13.2 Å². The number of nitrogens with one attached hydrogen (secondary N) is 2. The first-order valence-electron chi connectivity index (χ1n) is 11.7. The summed E-state index contributed by atoms with van der Waals surface area (Å²) in [5.74, 6) is 0.385. The minimum Gasteiger partial charge on any atom is -0.486 e. The molecule has 190 valence electrons. The molecule has 3 aromatic rings. The van der Waals surface area contributed by atoms with Crippen molar-refractivity contribution in [2.24, 2.45) is 0 Å². The van der Waals surface area contributed by atoms with Gasteiger partial charge in [-0.3, -0.25) is 0 Å². The Morgan fingerprint density at radius 2 is 1.81 bits per heavy atom. The lowest BCUT2D eigenvalue weighted by Crippen LogP contribution is -2.39. The molecule has 0 saturated carbocycles. The Bertz CT molecular complexity index is 1140. The van der Waals surface area contributed by atoms with Gasteiger partial charge in [-0.15, -0.1) is 0 Å². The summed E-state index contributed by atoms with van der Waals surface area (Å²) in [6, 6.07) is 21.1. The summed E-state index contributed by atoms with van der Waals surface area (Å²) in [5.41, 5.74) is 0.870. The Kier molecular flexibility index (Phi) is 8.38. The van der Waals surface area contributed by atoms with Crippen LogP contribution < -0.4 is 15.4 Å². The smallest absolute Gasteiger partial charge is 0.416 e. The highest BCUT2D eigenvalue weighted by molar-refractivity contribution is 6.30. The fourth-order valence-electron chi connectivity index (χ4n) is 4.22. The number of ether oxygens (including phenoxy) is 1. The number of hydrogen-bond acceptors (Lipinski definition) is 3. The maximum atomic E-state index is 12.9. The second kappa shape index (κ2) is 11.7. The summed E-state index contributed by atoms with van der Waals surface area (Å²) < 4.78 is 44.8. The third-order valence-electron chi connectivity index (χ3n) is 6.03. The molecule has 3 aromatic carbocycles. The third kappa shape index (κ3) is 7.38. The van der Waals surface area contributed by atoms with E-state index in [1.807, 2.05) is 30.3 Å². The minimum atomic E-state index is -4.39. The van der Waals surface area contributed by atoms with Gasteiger partial charge in [0.2, 0.25) is 0 Å². The Hall–Kier alpha value is -3.23. The van der Waals surface area contributed by atoms with E-state index in [9.17, 15) is 18.0 Å². The van der Waals surface area contributed by atoms with Crippen LogP contribution in [0.4, 0.5) is 23.7 Å². The highest BCUT2D eigenvalue weighted by atomic mass is 35.5. The largest absolute Gasteiger partial charge is 0.486 e. The Morgan fingerprint density at radius 3 is 2.50 bits per heavy atom. The summed E-state index contributed by atoms with van der Waals surface area (Å²) in [6.07, 6.45) is -3.24. The summed E-state index contributed by atoms with van der Waals surface area (Å²) >= 11 is 5.96. The van der Waals surface area contributed by atoms with E-state index in [4.69, 9.17) is 16.3 Å². The molecular formula is C27H27ClF3N3O2. The number of amides is 2. The van der Waals surface area contributed by atoms with Gasteiger partial charge in [-0.05, 0) is 54.4 Å². The molecule has 1 aliphatic heterocycles. The van der Waals surface area contributed by atoms with Crippen molar-refractivity contribution in [2.75, 3.05) is 25.0 Å². The lowest BCUT2D eigenvalue weighted by molar-refractivity contribution is -0.137. The lowest BCUT2D eigenvalue weighted by Gasteiger charge is -2.23.